The molecule has 72 valence electrons. The first kappa shape index (κ1) is 9.23. The number of nitrogens with zero attached hydrogens (tertiary/aromatic N) is 1. The second kappa shape index (κ2) is 3.43. The third-order valence-corrected chi connectivity index (χ3v) is 3.00. The van der Waals surface area contributed by atoms with E-state index in [-0.39, 0.29) is 6.10 Å². The highest BCUT2D eigenvalue weighted by Gasteiger charge is 2.24. The molecule has 2 rings (SSSR count). The van der Waals surface area contributed by atoms with Gasteiger partial charge in [-0.3, -0.25) is 0 Å². The summed E-state index contributed by atoms with van der Waals surface area (Å²) in [6.07, 6.45) is 1.62. The van der Waals surface area contributed by atoms with Gasteiger partial charge in [0, 0.05) is 0 Å². The molecule has 1 N–H and O–H groups in total. The summed E-state index contributed by atoms with van der Waals surface area (Å²) in [5, 5.41) is 18.7. The number of benzene rings is 1. The summed E-state index contributed by atoms with van der Waals surface area (Å²) in [6, 6.07) is 7.68. The lowest BCUT2D eigenvalue weighted by Crippen LogP contribution is -2.17. The Morgan fingerprint density at radius 3 is 3.00 bits per heavy atom. The molecule has 14 heavy (non-hydrogen) atoms. The monoisotopic (exact) mass is 187 g/mol. The van der Waals surface area contributed by atoms with E-state index >= 15 is 0 Å². The summed E-state index contributed by atoms with van der Waals surface area (Å²) in [6.45, 7) is 2.06. The molecule has 2 heteroatoms. The Bertz CT molecular complexity index is 392. The Kier molecular flexibility index (Phi) is 2.26. The van der Waals surface area contributed by atoms with E-state index in [1.54, 1.807) is 6.07 Å². The van der Waals surface area contributed by atoms with Crippen LogP contribution in [0.5, 0.6) is 0 Å². The molecule has 2 nitrogen and oxygen atoms in total. The number of hydrogen-bond acceptors (Lipinski definition) is 2. The maximum atomic E-state index is 9.91. The summed E-state index contributed by atoms with van der Waals surface area (Å²) >= 11 is 0. The van der Waals surface area contributed by atoms with Gasteiger partial charge in [-0.25, -0.2) is 0 Å². The fourth-order valence-corrected chi connectivity index (χ4v) is 2.03. The largest absolute Gasteiger partial charge is 0.388 e. The van der Waals surface area contributed by atoms with Crippen molar-refractivity contribution in [3.8, 4) is 6.07 Å². The van der Waals surface area contributed by atoms with Crippen LogP contribution in [0.4, 0.5) is 0 Å². The molecule has 2 atom stereocenters. The van der Waals surface area contributed by atoms with E-state index < -0.39 is 0 Å². The smallest absolute Gasteiger partial charge is 0.0991 e. The van der Waals surface area contributed by atoms with Crippen LogP contribution in [-0.2, 0) is 6.42 Å². The number of nitriles is 1. The Morgan fingerprint density at radius 1 is 1.50 bits per heavy atom. The van der Waals surface area contributed by atoms with Crippen LogP contribution in [0.2, 0.25) is 0 Å². The van der Waals surface area contributed by atoms with Crippen LogP contribution in [0.25, 0.3) is 0 Å². The van der Waals surface area contributed by atoms with Crippen molar-refractivity contribution in [2.45, 2.75) is 25.9 Å². The van der Waals surface area contributed by atoms with Crippen molar-refractivity contribution in [3.05, 3.63) is 34.9 Å². The van der Waals surface area contributed by atoms with Gasteiger partial charge in [-0.15, -0.1) is 0 Å². The van der Waals surface area contributed by atoms with E-state index in [4.69, 9.17) is 5.26 Å². The summed E-state index contributed by atoms with van der Waals surface area (Å²) in [5.74, 6) is 0.329. The van der Waals surface area contributed by atoms with Gasteiger partial charge >= 0.3 is 0 Å². The molecule has 0 heterocycles. The van der Waals surface area contributed by atoms with Crippen LogP contribution in [0, 0.1) is 17.2 Å². The molecule has 0 saturated heterocycles. The Hall–Kier alpha value is -1.33. The van der Waals surface area contributed by atoms with E-state index in [2.05, 4.69) is 13.0 Å². The molecule has 1 aliphatic carbocycles. The molecule has 0 bridgehead atoms. The van der Waals surface area contributed by atoms with Gasteiger partial charge < -0.3 is 5.11 Å². The number of fused-ring (bicyclic) bond motifs is 1. The van der Waals surface area contributed by atoms with Gasteiger partial charge in [0.2, 0.25) is 0 Å². The third-order valence-electron chi connectivity index (χ3n) is 3.00. The van der Waals surface area contributed by atoms with Crippen LogP contribution in [0.15, 0.2) is 18.2 Å². The summed E-state index contributed by atoms with van der Waals surface area (Å²) in [7, 11) is 0. The zero-order chi connectivity index (χ0) is 10.1. The fourth-order valence-electron chi connectivity index (χ4n) is 2.03. The molecular weight excluding hydrogens is 174 g/mol. The molecule has 0 spiro atoms. The van der Waals surface area contributed by atoms with Gasteiger partial charge in [-0.2, -0.15) is 5.26 Å². The van der Waals surface area contributed by atoms with Crippen LogP contribution in [-0.4, -0.2) is 5.11 Å². The third kappa shape index (κ3) is 1.40. The van der Waals surface area contributed by atoms with E-state index in [9.17, 15) is 5.11 Å². The molecule has 1 aliphatic rings. The maximum absolute atomic E-state index is 9.91. The van der Waals surface area contributed by atoms with E-state index in [1.807, 2.05) is 12.1 Å². The van der Waals surface area contributed by atoms with Gasteiger partial charge in [-0.05, 0) is 42.0 Å². The van der Waals surface area contributed by atoms with Gasteiger partial charge in [0.1, 0.15) is 0 Å². The van der Waals surface area contributed by atoms with E-state index in [0.29, 0.717) is 11.5 Å². The summed E-state index contributed by atoms with van der Waals surface area (Å²) < 4.78 is 0. The predicted molar refractivity (Wildman–Crippen MR) is 53.6 cm³/mol. The van der Waals surface area contributed by atoms with Gasteiger partial charge in [-0.1, -0.05) is 13.0 Å². The molecule has 0 unspecified atom stereocenters. The number of hydrogen-bond donors (Lipinski definition) is 1. The molecule has 0 amide bonds. The quantitative estimate of drug-likeness (QED) is 0.676. The van der Waals surface area contributed by atoms with Crippen LogP contribution in [0.1, 0.15) is 36.1 Å². The van der Waals surface area contributed by atoms with Crippen molar-refractivity contribution in [1.29, 1.82) is 5.26 Å². The van der Waals surface area contributed by atoms with Crippen molar-refractivity contribution in [1.82, 2.24) is 0 Å². The van der Waals surface area contributed by atoms with E-state index in [0.717, 1.165) is 24.0 Å². The highest BCUT2D eigenvalue weighted by atomic mass is 16.3. The summed E-state index contributed by atoms with van der Waals surface area (Å²) in [4.78, 5) is 0. The molecule has 1 aromatic rings. The molecular formula is C12H13NO. The lowest BCUT2D eigenvalue weighted by Gasteiger charge is -2.27. The minimum atomic E-state index is -0.355. The van der Waals surface area contributed by atoms with Crippen molar-refractivity contribution >= 4 is 0 Å². The molecule has 0 aromatic heterocycles. The zero-order valence-corrected chi connectivity index (χ0v) is 8.20. The first-order chi connectivity index (χ1) is 6.72. The zero-order valence-electron chi connectivity index (χ0n) is 8.20. The normalized spacial score (nSPS) is 25.2. The average molecular weight is 187 g/mol. The lowest BCUT2D eigenvalue weighted by atomic mass is 9.82. The minimum Gasteiger partial charge on any atom is -0.388 e. The second-order valence-corrected chi connectivity index (χ2v) is 3.99. The van der Waals surface area contributed by atoms with Crippen molar-refractivity contribution in [3.63, 3.8) is 0 Å². The van der Waals surface area contributed by atoms with Gasteiger partial charge in [0.05, 0.1) is 17.7 Å². The minimum absolute atomic E-state index is 0.329. The van der Waals surface area contributed by atoms with Crippen LogP contribution >= 0.6 is 0 Å². The fraction of sp³-hybridized carbons (Fsp3) is 0.417. The molecule has 0 radical (unpaired) electrons. The van der Waals surface area contributed by atoms with Crippen molar-refractivity contribution < 1.29 is 5.11 Å². The first-order valence-corrected chi connectivity index (χ1v) is 4.93. The van der Waals surface area contributed by atoms with Crippen molar-refractivity contribution in [2.24, 2.45) is 5.92 Å². The van der Waals surface area contributed by atoms with Gasteiger partial charge in [0.15, 0.2) is 0 Å². The predicted octanol–water partition coefficient (Wildman–Crippen LogP) is 2.17. The summed E-state index contributed by atoms with van der Waals surface area (Å²) in [5.41, 5.74) is 2.82. The number of aliphatic hydroxyl groups excluding tert-OH is 1. The highest BCUT2D eigenvalue weighted by molar-refractivity contribution is 5.40. The number of aryl methyl sites for hydroxylation is 1. The SMILES string of the molecule is C[C@H]1CCc2cc(C#N)ccc2[C@H]1O. The van der Waals surface area contributed by atoms with Crippen LogP contribution in [0.3, 0.4) is 0 Å². The number of rotatable bonds is 0. The highest BCUT2D eigenvalue weighted by Crippen LogP contribution is 2.34. The maximum Gasteiger partial charge on any atom is 0.0991 e. The van der Waals surface area contributed by atoms with E-state index in [1.165, 1.54) is 0 Å². The Labute approximate surface area is 83.8 Å². The molecule has 0 fully saturated rings. The Balaban J connectivity index is 2.45. The Morgan fingerprint density at radius 2 is 2.29 bits per heavy atom. The van der Waals surface area contributed by atoms with Crippen molar-refractivity contribution in [2.75, 3.05) is 0 Å². The van der Waals surface area contributed by atoms with Crippen LogP contribution < -0.4 is 0 Å². The average Bonchev–Trinajstić information content (AvgIpc) is 2.23. The first-order valence-electron chi connectivity index (χ1n) is 4.93. The standard InChI is InChI=1S/C12H13NO/c1-8-2-4-10-6-9(7-13)3-5-11(10)12(8)14/h3,5-6,8,12,14H,2,4H2,1H3/t8-,12-/m0/s1. The number of aliphatic hydroxyl groups is 1. The lowest BCUT2D eigenvalue weighted by molar-refractivity contribution is 0.104. The molecule has 1 aromatic carbocycles. The molecule has 0 aliphatic heterocycles. The molecule has 0 saturated carbocycles. The topological polar surface area (TPSA) is 44.0 Å². The second-order valence-electron chi connectivity index (χ2n) is 3.99. The van der Waals surface area contributed by atoms with Gasteiger partial charge in [0.25, 0.3) is 0 Å².